The fourth-order valence-electron chi connectivity index (χ4n) is 1.33. The van der Waals surface area contributed by atoms with Crippen molar-refractivity contribution in [1.29, 1.82) is 5.26 Å². The molecular formula is C13H15N. The van der Waals surface area contributed by atoms with E-state index < -0.39 is 0 Å². The first-order valence-corrected chi connectivity index (χ1v) is 4.88. The van der Waals surface area contributed by atoms with Gasteiger partial charge >= 0.3 is 0 Å². The fraction of sp³-hybridized carbons (Fsp3) is 0.308. The van der Waals surface area contributed by atoms with Gasteiger partial charge in [0.15, 0.2) is 0 Å². The van der Waals surface area contributed by atoms with Crippen LogP contribution in [0.2, 0.25) is 0 Å². The van der Waals surface area contributed by atoms with Crippen LogP contribution in [0.4, 0.5) is 0 Å². The maximum atomic E-state index is 8.92. The molecule has 0 radical (unpaired) electrons. The standard InChI is InChI=1S/C13H15N/c1-11(2)8-13(10-14)9-12-6-4-3-5-7-12/h3-7,9,11H,8H2,1-2H3/b13-9-. The Kier molecular flexibility index (Phi) is 3.94. The summed E-state index contributed by atoms with van der Waals surface area (Å²) in [6, 6.07) is 12.2. The van der Waals surface area contributed by atoms with Crippen LogP contribution in [0.3, 0.4) is 0 Å². The van der Waals surface area contributed by atoms with Crippen molar-refractivity contribution in [2.45, 2.75) is 20.3 Å². The molecule has 0 aliphatic heterocycles. The van der Waals surface area contributed by atoms with E-state index in [4.69, 9.17) is 5.26 Å². The van der Waals surface area contributed by atoms with E-state index in [-0.39, 0.29) is 0 Å². The molecular weight excluding hydrogens is 170 g/mol. The second-order valence-electron chi connectivity index (χ2n) is 3.79. The molecule has 1 aromatic rings. The SMILES string of the molecule is CC(C)C/C(C#N)=C/c1ccccc1. The molecule has 0 aliphatic rings. The Morgan fingerprint density at radius 2 is 2.00 bits per heavy atom. The number of allylic oxidation sites excluding steroid dienone is 1. The molecule has 0 fully saturated rings. The van der Waals surface area contributed by atoms with Crippen molar-refractivity contribution in [3.63, 3.8) is 0 Å². The summed E-state index contributed by atoms with van der Waals surface area (Å²) in [5, 5.41) is 8.92. The third-order valence-electron chi connectivity index (χ3n) is 1.91. The first-order chi connectivity index (χ1) is 6.72. The van der Waals surface area contributed by atoms with Gasteiger partial charge in [0, 0.05) is 5.57 Å². The van der Waals surface area contributed by atoms with Crippen LogP contribution in [-0.2, 0) is 0 Å². The predicted molar refractivity (Wildman–Crippen MR) is 59.5 cm³/mol. The molecule has 1 heteroatoms. The minimum absolute atomic E-state index is 0.532. The van der Waals surface area contributed by atoms with Crippen LogP contribution in [0, 0.1) is 17.2 Å². The van der Waals surface area contributed by atoms with E-state index in [1.54, 1.807) is 0 Å². The van der Waals surface area contributed by atoms with Gasteiger partial charge in [-0.15, -0.1) is 0 Å². The van der Waals surface area contributed by atoms with E-state index in [1.165, 1.54) is 0 Å². The second-order valence-corrected chi connectivity index (χ2v) is 3.79. The van der Waals surface area contributed by atoms with Crippen LogP contribution in [0.5, 0.6) is 0 Å². The molecule has 1 rings (SSSR count). The van der Waals surface area contributed by atoms with Crippen LogP contribution >= 0.6 is 0 Å². The molecule has 72 valence electrons. The maximum absolute atomic E-state index is 8.92. The van der Waals surface area contributed by atoms with E-state index in [1.807, 2.05) is 36.4 Å². The number of hydrogen-bond donors (Lipinski definition) is 0. The molecule has 1 aromatic carbocycles. The van der Waals surface area contributed by atoms with Crippen LogP contribution in [0.25, 0.3) is 6.08 Å². The molecule has 14 heavy (non-hydrogen) atoms. The number of nitriles is 1. The van der Waals surface area contributed by atoms with Crippen molar-refractivity contribution in [3.8, 4) is 6.07 Å². The monoisotopic (exact) mass is 185 g/mol. The highest BCUT2D eigenvalue weighted by atomic mass is 14.2. The van der Waals surface area contributed by atoms with Crippen molar-refractivity contribution in [1.82, 2.24) is 0 Å². The molecule has 0 heterocycles. The smallest absolute Gasteiger partial charge is 0.0947 e. The summed E-state index contributed by atoms with van der Waals surface area (Å²) in [5.41, 5.74) is 1.95. The molecule has 0 bridgehead atoms. The molecule has 0 atom stereocenters. The Balaban J connectivity index is 2.80. The van der Waals surface area contributed by atoms with Crippen molar-refractivity contribution in [2.75, 3.05) is 0 Å². The van der Waals surface area contributed by atoms with E-state index >= 15 is 0 Å². The molecule has 0 aliphatic carbocycles. The lowest BCUT2D eigenvalue weighted by molar-refractivity contribution is 0.653. The Morgan fingerprint density at radius 3 is 2.50 bits per heavy atom. The molecule has 0 N–H and O–H groups in total. The summed E-state index contributed by atoms with van der Waals surface area (Å²) in [5.74, 6) is 0.532. The van der Waals surface area contributed by atoms with Crippen LogP contribution < -0.4 is 0 Å². The lowest BCUT2D eigenvalue weighted by atomic mass is 10.0. The molecule has 0 saturated heterocycles. The topological polar surface area (TPSA) is 23.8 Å². The Bertz CT molecular complexity index is 341. The van der Waals surface area contributed by atoms with Gasteiger partial charge in [0.25, 0.3) is 0 Å². The third-order valence-corrected chi connectivity index (χ3v) is 1.91. The van der Waals surface area contributed by atoms with E-state index in [9.17, 15) is 0 Å². The van der Waals surface area contributed by atoms with Crippen LogP contribution in [0.15, 0.2) is 35.9 Å². The van der Waals surface area contributed by atoms with E-state index in [2.05, 4.69) is 19.9 Å². The van der Waals surface area contributed by atoms with Crippen molar-refractivity contribution < 1.29 is 0 Å². The zero-order valence-corrected chi connectivity index (χ0v) is 8.70. The minimum atomic E-state index is 0.532. The zero-order chi connectivity index (χ0) is 10.4. The zero-order valence-electron chi connectivity index (χ0n) is 8.70. The number of rotatable bonds is 3. The Morgan fingerprint density at radius 1 is 1.36 bits per heavy atom. The molecule has 0 aromatic heterocycles. The van der Waals surface area contributed by atoms with Gasteiger partial charge in [-0.25, -0.2) is 0 Å². The van der Waals surface area contributed by atoms with Gasteiger partial charge in [0.1, 0.15) is 0 Å². The average Bonchev–Trinajstić information content (AvgIpc) is 2.17. The molecule has 0 spiro atoms. The number of hydrogen-bond acceptors (Lipinski definition) is 1. The maximum Gasteiger partial charge on any atom is 0.0947 e. The quantitative estimate of drug-likeness (QED) is 0.659. The normalized spacial score (nSPS) is 11.4. The largest absolute Gasteiger partial charge is 0.193 e. The van der Waals surface area contributed by atoms with Gasteiger partial charge in [-0.1, -0.05) is 44.2 Å². The van der Waals surface area contributed by atoms with E-state index in [0.29, 0.717) is 5.92 Å². The molecule has 1 nitrogen and oxygen atoms in total. The summed E-state index contributed by atoms with van der Waals surface area (Å²) in [4.78, 5) is 0. The van der Waals surface area contributed by atoms with E-state index in [0.717, 1.165) is 17.6 Å². The highest BCUT2D eigenvalue weighted by Crippen LogP contribution is 2.13. The third kappa shape index (κ3) is 3.45. The predicted octanol–water partition coefficient (Wildman–Crippen LogP) is 3.64. The molecule has 0 unspecified atom stereocenters. The summed E-state index contributed by atoms with van der Waals surface area (Å²) < 4.78 is 0. The lowest BCUT2D eigenvalue weighted by Gasteiger charge is -2.02. The lowest BCUT2D eigenvalue weighted by Crippen LogP contribution is -1.89. The van der Waals surface area contributed by atoms with Crippen molar-refractivity contribution >= 4 is 6.08 Å². The van der Waals surface area contributed by atoms with Gasteiger partial charge in [-0.05, 0) is 24.0 Å². The highest BCUT2D eigenvalue weighted by molar-refractivity contribution is 5.56. The Hall–Kier alpha value is -1.55. The first kappa shape index (κ1) is 10.5. The van der Waals surface area contributed by atoms with Crippen LogP contribution in [-0.4, -0.2) is 0 Å². The van der Waals surface area contributed by atoms with Crippen molar-refractivity contribution in [3.05, 3.63) is 41.5 Å². The fourth-order valence-corrected chi connectivity index (χ4v) is 1.33. The number of nitrogens with zero attached hydrogens (tertiary/aromatic N) is 1. The summed E-state index contributed by atoms with van der Waals surface area (Å²) >= 11 is 0. The second kappa shape index (κ2) is 5.24. The van der Waals surface area contributed by atoms with Gasteiger partial charge in [0.2, 0.25) is 0 Å². The molecule has 0 saturated carbocycles. The molecule has 0 amide bonds. The van der Waals surface area contributed by atoms with Gasteiger partial charge < -0.3 is 0 Å². The first-order valence-electron chi connectivity index (χ1n) is 4.88. The summed E-state index contributed by atoms with van der Waals surface area (Å²) in [7, 11) is 0. The van der Waals surface area contributed by atoms with Gasteiger partial charge in [-0.3, -0.25) is 0 Å². The summed E-state index contributed by atoms with van der Waals surface area (Å²) in [6.07, 6.45) is 2.81. The van der Waals surface area contributed by atoms with Gasteiger partial charge in [-0.2, -0.15) is 5.26 Å². The minimum Gasteiger partial charge on any atom is -0.193 e. The summed E-state index contributed by atoms with van der Waals surface area (Å²) in [6.45, 7) is 4.24. The average molecular weight is 185 g/mol. The Labute approximate surface area is 85.7 Å². The van der Waals surface area contributed by atoms with Crippen LogP contribution in [0.1, 0.15) is 25.8 Å². The number of benzene rings is 1. The van der Waals surface area contributed by atoms with Crippen molar-refractivity contribution in [2.24, 2.45) is 5.92 Å². The van der Waals surface area contributed by atoms with Gasteiger partial charge in [0.05, 0.1) is 6.07 Å². The highest BCUT2D eigenvalue weighted by Gasteiger charge is 1.99.